The summed E-state index contributed by atoms with van der Waals surface area (Å²) < 4.78 is 50.4. The molecule has 1 aromatic carbocycles. The van der Waals surface area contributed by atoms with Crippen molar-refractivity contribution in [3.8, 4) is 0 Å². The number of carbonyl (C=O) groups excluding carboxylic acids is 1. The third-order valence-corrected chi connectivity index (χ3v) is 2.43. The number of nitrogens with zero attached hydrogens (tertiary/aromatic N) is 1. The smallest absolute Gasteiger partial charge is 0.396 e. The van der Waals surface area contributed by atoms with Crippen LogP contribution < -0.4 is 5.73 Å². The van der Waals surface area contributed by atoms with E-state index < -0.39 is 30.1 Å². The molecule has 1 rings (SSSR count). The van der Waals surface area contributed by atoms with Crippen LogP contribution in [-0.4, -0.2) is 30.1 Å². The van der Waals surface area contributed by atoms with E-state index in [4.69, 9.17) is 5.73 Å². The molecule has 0 saturated heterocycles. The average Bonchev–Trinajstić information content (AvgIpc) is 2.30. The van der Waals surface area contributed by atoms with Crippen molar-refractivity contribution in [1.82, 2.24) is 4.90 Å². The van der Waals surface area contributed by atoms with E-state index in [-0.39, 0.29) is 12.1 Å². The van der Waals surface area contributed by atoms with Gasteiger partial charge in [0.15, 0.2) is 0 Å². The van der Waals surface area contributed by atoms with Crippen LogP contribution in [0.3, 0.4) is 0 Å². The number of nitrogen functional groups attached to an aromatic ring is 1. The molecule has 0 saturated carbocycles. The minimum absolute atomic E-state index is 0.0751. The Bertz CT molecular complexity index is 460. The quantitative estimate of drug-likeness (QED) is 0.680. The Morgan fingerprint density at radius 1 is 1.37 bits per heavy atom. The fraction of sp³-hybridized carbons (Fsp3) is 0.417. The second-order valence-electron chi connectivity index (χ2n) is 4.04. The molecule has 0 aliphatic heterocycles. The van der Waals surface area contributed by atoms with Crippen LogP contribution in [0.2, 0.25) is 0 Å². The summed E-state index contributed by atoms with van der Waals surface area (Å²) in [5.74, 6) is -1.74. The molecule has 0 aromatic heterocycles. The molecule has 0 radical (unpaired) electrons. The van der Waals surface area contributed by atoms with E-state index in [9.17, 15) is 22.4 Å². The summed E-state index contributed by atoms with van der Waals surface area (Å²) in [4.78, 5) is 12.6. The first-order chi connectivity index (χ1) is 8.76. The Morgan fingerprint density at radius 3 is 2.53 bits per heavy atom. The molecule has 0 unspecified atom stereocenters. The van der Waals surface area contributed by atoms with Crippen LogP contribution >= 0.6 is 0 Å². The van der Waals surface area contributed by atoms with Crippen molar-refractivity contribution < 1.29 is 22.4 Å². The molecule has 0 bridgehead atoms. The van der Waals surface area contributed by atoms with Gasteiger partial charge in [0.05, 0.1) is 11.3 Å². The van der Waals surface area contributed by atoms with Crippen molar-refractivity contribution in [2.45, 2.75) is 19.5 Å². The molecule has 1 aromatic rings. The minimum atomic E-state index is -4.51. The molecule has 0 aliphatic rings. The van der Waals surface area contributed by atoms with Crippen LogP contribution in [0.25, 0.3) is 0 Å². The Hall–Kier alpha value is -1.79. The van der Waals surface area contributed by atoms with Gasteiger partial charge in [-0.2, -0.15) is 13.2 Å². The topological polar surface area (TPSA) is 46.3 Å². The molecular weight excluding hydrogens is 264 g/mol. The summed E-state index contributed by atoms with van der Waals surface area (Å²) in [6.45, 7) is 0.190. The number of para-hydroxylation sites is 1. The van der Waals surface area contributed by atoms with Gasteiger partial charge in [-0.3, -0.25) is 4.79 Å². The summed E-state index contributed by atoms with van der Waals surface area (Å²) >= 11 is 0. The van der Waals surface area contributed by atoms with Crippen molar-refractivity contribution in [1.29, 1.82) is 0 Å². The maximum Gasteiger partial charge on any atom is 0.406 e. The molecule has 3 nitrogen and oxygen atoms in total. The fourth-order valence-corrected chi connectivity index (χ4v) is 1.63. The molecule has 19 heavy (non-hydrogen) atoms. The Balaban J connectivity index is 3.02. The van der Waals surface area contributed by atoms with E-state index >= 15 is 0 Å². The lowest BCUT2D eigenvalue weighted by Gasteiger charge is -2.24. The number of alkyl halides is 3. The van der Waals surface area contributed by atoms with Crippen LogP contribution in [0, 0.1) is 5.82 Å². The van der Waals surface area contributed by atoms with Crippen molar-refractivity contribution in [2.24, 2.45) is 0 Å². The van der Waals surface area contributed by atoms with Crippen molar-refractivity contribution in [3.05, 3.63) is 29.6 Å². The molecule has 0 aliphatic carbocycles. The molecular formula is C12H14F4N2O. The van der Waals surface area contributed by atoms with Gasteiger partial charge in [0.1, 0.15) is 12.4 Å². The monoisotopic (exact) mass is 278 g/mol. The number of anilines is 1. The van der Waals surface area contributed by atoms with Gasteiger partial charge >= 0.3 is 6.18 Å². The minimum Gasteiger partial charge on any atom is -0.396 e. The van der Waals surface area contributed by atoms with E-state index in [2.05, 4.69) is 0 Å². The fourth-order valence-electron chi connectivity index (χ4n) is 1.63. The lowest BCUT2D eigenvalue weighted by molar-refractivity contribution is -0.140. The molecule has 0 spiro atoms. The highest BCUT2D eigenvalue weighted by Crippen LogP contribution is 2.22. The van der Waals surface area contributed by atoms with Crippen LogP contribution in [0.1, 0.15) is 23.7 Å². The number of hydrogen-bond donors (Lipinski definition) is 1. The van der Waals surface area contributed by atoms with Crippen molar-refractivity contribution in [2.75, 3.05) is 18.8 Å². The van der Waals surface area contributed by atoms with Gasteiger partial charge < -0.3 is 10.6 Å². The van der Waals surface area contributed by atoms with Crippen LogP contribution in [0.5, 0.6) is 0 Å². The predicted octanol–water partition coefficient (Wildman–Crippen LogP) is 2.82. The lowest BCUT2D eigenvalue weighted by atomic mass is 10.1. The number of halogens is 4. The Kier molecular flexibility index (Phi) is 4.74. The van der Waals surface area contributed by atoms with E-state index in [1.54, 1.807) is 6.92 Å². The summed E-state index contributed by atoms with van der Waals surface area (Å²) in [6, 6.07) is 3.48. The molecule has 106 valence electrons. The SMILES string of the molecule is CCCN(CC(F)(F)F)C(=O)c1cccc(F)c1N. The molecule has 0 atom stereocenters. The number of carbonyl (C=O) groups is 1. The Labute approximate surface area is 108 Å². The standard InChI is InChI=1S/C12H14F4N2O/c1-2-6-18(7-12(14,15)16)11(19)8-4-3-5-9(13)10(8)17/h3-5H,2,6-7,17H2,1H3. The highest BCUT2D eigenvalue weighted by Gasteiger charge is 2.33. The molecule has 0 heterocycles. The third kappa shape index (κ3) is 4.11. The highest BCUT2D eigenvalue weighted by molar-refractivity contribution is 5.99. The first-order valence-corrected chi connectivity index (χ1v) is 5.66. The van der Waals surface area contributed by atoms with Gasteiger partial charge in [-0.05, 0) is 18.6 Å². The van der Waals surface area contributed by atoms with E-state index in [0.29, 0.717) is 11.3 Å². The number of nitrogens with two attached hydrogens (primary N) is 1. The zero-order valence-electron chi connectivity index (χ0n) is 10.3. The molecule has 1 amide bonds. The van der Waals surface area contributed by atoms with E-state index in [1.807, 2.05) is 0 Å². The maximum atomic E-state index is 13.2. The van der Waals surface area contributed by atoms with Gasteiger partial charge in [-0.1, -0.05) is 13.0 Å². The van der Waals surface area contributed by atoms with Crippen LogP contribution in [0.4, 0.5) is 23.2 Å². The number of benzene rings is 1. The zero-order valence-corrected chi connectivity index (χ0v) is 10.3. The van der Waals surface area contributed by atoms with Crippen molar-refractivity contribution >= 4 is 11.6 Å². The van der Waals surface area contributed by atoms with Gasteiger partial charge in [-0.15, -0.1) is 0 Å². The zero-order chi connectivity index (χ0) is 14.6. The summed E-state index contributed by atoms with van der Waals surface area (Å²) in [5, 5.41) is 0. The van der Waals surface area contributed by atoms with Crippen LogP contribution in [-0.2, 0) is 0 Å². The van der Waals surface area contributed by atoms with Crippen molar-refractivity contribution in [3.63, 3.8) is 0 Å². The third-order valence-electron chi connectivity index (χ3n) is 2.43. The van der Waals surface area contributed by atoms with Gasteiger partial charge in [0, 0.05) is 6.54 Å². The maximum absolute atomic E-state index is 13.2. The summed E-state index contributed by atoms with van der Waals surface area (Å²) in [7, 11) is 0. The molecule has 0 fully saturated rings. The largest absolute Gasteiger partial charge is 0.406 e. The lowest BCUT2D eigenvalue weighted by Crippen LogP contribution is -2.39. The average molecular weight is 278 g/mol. The van der Waals surface area contributed by atoms with Gasteiger partial charge in [-0.25, -0.2) is 4.39 Å². The number of amides is 1. The summed E-state index contributed by atoms with van der Waals surface area (Å²) in [6.07, 6.45) is -4.15. The van der Waals surface area contributed by atoms with Gasteiger partial charge in [0.25, 0.3) is 5.91 Å². The van der Waals surface area contributed by atoms with Gasteiger partial charge in [0.2, 0.25) is 0 Å². The second-order valence-corrected chi connectivity index (χ2v) is 4.04. The van der Waals surface area contributed by atoms with E-state index in [1.165, 1.54) is 12.1 Å². The highest BCUT2D eigenvalue weighted by atomic mass is 19.4. The number of rotatable bonds is 4. The van der Waals surface area contributed by atoms with Crippen LogP contribution in [0.15, 0.2) is 18.2 Å². The second kappa shape index (κ2) is 5.90. The summed E-state index contributed by atoms with van der Waals surface area (Å²) in [5.41, 5.74) is 4.69. The van der Waals surface area contributed by atoms with E-state index in [0.717, 1.165) is 6.07 Å². The predicted molar refractivity (Wildman–Crippen MR) is 63.1 cm³/mol. The number of hydrogen-bond acceptors (Lipinski definition) is 2. The molecule has 7 heteroatoms. The first-order valence-electron chi connectivity index (χ1n) is 5.66. The Morgan fingerprint density at radius 2 is 2.00 bits per heavy atom. The first kappa shape index (κ1) is 15.3. The normalized spacial score (nSPS) is 11.4. The molecule has 2 N–H and O–H groups in total.